The molecular formula is C25H40O3. The van der Waals surface area contributed by atoms with Gasteiger partial charge in [0.1, 0.15) is 17.1 Å². The highest BCUT2D eigenvalue weighted by molar-refractivity contribution is 5.41. The number of benzene rings is 1. The summed E-state index contributed by atoms with van der Waals surface area (Å²) < 4.78 is 6.42. The predicted octanol–water partition coefficient (Wildman–Crippen LogP) is 6.52. The van der Waals surface area contributed by atoms with Crippen LogP contribution >= 0.6 is 0 Å². The minimum Gasteiger partial charge on any atom is -0.508 e. The van der Waals surface area contributed by atoms with Crippen LogP contribution in [0.15, 0.2) is 29.8 Å². The summed E-state index contributed by atoms with van der Waals surface area (Å²) in [5, 5.41) is 19.6. The van der Waals surface area contributed by atoms with Gasteiger partial charge >= 0.3 is 0 Å². The van der Waals surface area contributed by atoms with Crippen molar-refractivity contribution in [2.75, 3.05) is 6.61 Å². The molecule has 0 radical (unpaired) electrons. The largest absolute Gasteiger partial charge is 0.508 e. The smallest absolute Gasteiger partial charge is 0.124 e. The van der Waals surface area contributed by atoms with Crippen molar-refractivity contribution in [1.29, 1.82) is 0 Å². The Morgan fingerprint density at radius 2 is 1.82 bits per heavy atom. The molecule has 0 aromatic heterocycles. The van der Waals surface area contributed by atoms with Gasteiger partial charge in [-0.2, -0.15) is 0 Å². The molecule has 2 rings (SSSR count). The Bertz CT molecular complexity index is 658. The highest BCUT2D eigenvalue weighted by Crippen LogP contribution is 2.38. The molecule has 0 heterocycles. The minimum atomic E-state index is -0.326. The molecule has 1 unspecified atom stereocenters. The quantitative estimate of drug-likeness (QED) is 0.354. The van der Waals surface area contributed by atoms with Gasteiger partial charge in [0.05, 0.1) is 6.61 Å². The van der Waals surface area contributed by atoms with E-state index in [1.165, 1.54) is 25.7 Å². The first kappa shape index (κ1) is 22.8. The topological polar surface area (TPSA) is 49.7 Å². The van der Waals surface area contributed by atoms with Crippen LogP contribution in [-0.2, 0) is 5.41 Å². The Labute approximate surface area is 171 Å². The van der Waals surface area contributed by atoms with E-state index in [0.717, 1.165) is 42.6 Å². The summed E-state index contributed by atoms with van der Waals surface area (Å²) >= 11 is 0. The average molecular weight is 389 g/mol. The number of rotatable bonds is 10. The van der Waals surface area contributed by atoms with Gasteiger partial charge in [-0.25, -0.2) is 0 Å². The minimum absolute atomic E-state index is 0.0122. The van der Waals surface area contributed by atoms with Crippen molar-refractivity contribution in [2.24, 2.45) is 5.92 Å². The van der Waals surface area contributed by atoms with Gasteiger partial charge in [0.2, 0.25) is 0 Å². The fourth-order valence-electron chi connectivity index (χ4n) is 4.22. The zero-order chi connectivity index (χ0) is 20.8. The van der Waals surface area contributed by atoms with Crippen molar-refractivity contribution in [1.82, 2.24) is 0 Å². The van der Waals surface area contributed by atoms with E-state index in [2.05, 4.69) is 46.8 Å². The maximum atomic E-state index is 10.3. The lowest BCUT2D eigenvalue weighted by atomic mass is 9.79. The molecule has 28 heavy (non-hydrogen) atoms. The molecule has 0 bridgehead atoms. The van der Waals surface area contributed by atoms with E-state index in [9.17, 15) is 10.2 Å². The first-order valence-corrected chi connectivity index (χ1v) is 11.0. The van der Waals surface area contributed by atoms with Gasteiger partial charge < -0.3 is 14.9 Å². The molecule has 1 aromatic carbocycles. The Hall–Kier alpha value is -1.48. The number of phenolic OH excluding ortho intramolecular Hbond substituents is 1. The van der Waals surface area contributed by atoms with Crippen LogP contribution in [0.5, 0.6) is 11.5 Å². The van der Waals surface area contributed by atoms with Crippen molar-refractivity contribution in [2.45, 2.75) is 97.0 Å². The number of aliphatic hydroxyl groups is 1. The number of ether oxygens (including phenoxy) is 1. The fraction of sp³-hybridized carbons (Fsp3) is 0.680. The normalized spacial score (nSPS) is 18.1. The van der Waals surface area contributed by atoms with Gasteiger partial charge in [-0.05, 0) is 68.2 Å². The van der Waals surface area contributed by atoms with Crippen molar-refractivity contribution in [3.8, 4) is 11.5 Å². The summed E-state index contributed by atoms with van der Waals surface area (Å²) in [5.41, 5.74) is 1.96. The highest BCUT2D eigenvalue weighted by atomic mass is 16.5. The average Bonchev–Trinajstić information content (AvgIpc) is 2.64. The lowest BCUT2D eigenvalue weighted by Gasteiger charge is -2.37. The first-order valence-electron chi connectivity index (χ1n) is 11.0. The van der Waals surface area contributed by atoms with Gasteiger partial charge in [-0.3, -0.25) is 0 Å². The van der Waals surface area contributed by atoms with Gasteiger partial charge in [0, 0.05) is 12.0 Å². The summed E-state index contributed by atoms with van der Waals surface area (Å²) in [5.74, 6) is 1.42. The number of unbranched alkanes of at least 4 members (excludes halogenated alkanes) is 3. The number of allylic oxidation sites excluding steroid dienone is 1. The molecule has 1 aliphatic carbocycles. The second-order valence-corrected chi connectivity index (χ2v) is 9.61. The van der Waals surface area contributed by atoms with Crippen LogP contribution in [-0.4, -0.2) is 22.4 Å². The molecule has 0 fully saturated rings. The summed E-state index contributed by atoms with van der Waals surface area (Å²) in [6, 6.07) is 5.73. The third-order valence-electron chi connectivity index (χ3n) is 6.40. The zero-order valence-corrected chi connectivity index (χ0v) is 18.6. The summed E-state index contributed by atoms with van der Waals surface area (Å²) in [4.78, 5) is 0. The number of hydrogen-bond acceptors (Lipinski definition) is 3. The third-order valence-corrected chi connectivity index (χ3v) is 6.40. The van der Waals surface area contributed by atoms with E-state index in [1.807, 2.05) is 6.07 Å². The van der Waals surface area contributed by atoms with Crippen LogP contribution in [0.1, 0.15) is 91.5 Å². The standard InChI is InChI=1S/C25H40O3/c1-6-7-8-9-14-24(2,3)21-15-22(27)17-23(16-21)28-25(4,5)20-12-10-19(18-26)11-13-20/h10,15-17,20,26-27H,6-9,11-14,18H2,1-5H3. The molecule has 1 aliphatic rings. The summed E-state index contributed by atoms with van der Waals surface area (Å²) in [7, 11) is 0. The molecule has 0 amide bonds. The lowest BCUT2D eigenvalue weighted by molar-refractivity contribution is 0.0374. The van der Waals surface area contributed by atoms with Crippen molar-refractivity contribution in [3.63, 3.8) is 0 Å². The van der Waals surface area contributed by atoms with Crippen LogP contribution in [0.25, 0.3) is 0 Å². The third kappa shape index (κ3) is 6.27. The number of hydrogen-bond donors (Lipinski definition) is 2. The first-order chi connectivity index (χ1) is 13.2. The molecule has 2 N–H and O–H groups in total. The van der Waals surface area contributed by atoms with E-state index in [0.29, 0.717) is 5.92 Å². The van der Waals surface area contributed by atoms with E-state index in [1.54, 1.807) is 6.07 Å². The Morgan fingerprint density at radius 3 is 2.43 bits per heavy atom. The van der Waals surface area contributed by atoms with Gasteiger partial charge in [0.15, 0.2) is 0 Å². The van der Waals surface area contributed by atoms with Crippen LogP contribution in [0.3, 0.4) is 0 Å². The lowest BCUT2D eigenvalue weighted by Crippen LogP contribution is -2.38. The van der Waals surface area contributed by atoms with Crippen LogP contribution in [0.2, 0.25) is 0 Å². The Morgan fingerprint density at radius 1 is 1.07 bits per heavy atom. The van der Waals surface area contributed by atoms with Crippen LogP contribution in [0, 0.1) is 5.92 Å². The molecular weight excluding hydrogens is 348 g/mol. The van der Waals surface area contributed by atoms with Crippen molar-refractivity contribution in [3.05, 3.63) is 35.4 Å². The fourth-order valence-corrected chi connectivity index (χ4v) is 4.22. The number of phenols is 1. The molecule has 158 valence electrons. The molecule has 0 aliphatic heterocycles. The van der Waals surface area contributed by atoms with Gasteiger partial charge in [0.25, 0.3) is 0 Å². The summed E-state index contributed by atoms with van der Waals surface area (Å²) in [6.45, 7) is 11.2. The zero-order valence-electron chi connectivity index (χ0n) is 18.6. The van der Waals surface area contributed by atoms with Crippen LogP contribution < -0.4 is 4.74 Å². The monoisotopic (exact) mass is 388 g/mol. The Kier molecular flexibility index (Phi) is 8.00. The van der Waals surface area contributed by atoms with E-state index in [4.69, 9.17) is 4.74 Å². The maximum Gasteiger partial charge on any atom is 0.124 e. The molecule has 1 atom stereocenters. The summed E-state index contributed by atoms with van der Waals surface area (Å²) in [6.07, 6.45) is 11.2. The highest BCUT2D eigenvalue weighted by Gasteiger charge is 2.33. The van der Waals surface area contributed by atoms with Gasteiger partial charge in [-0.15, -0.1) is 0 Å². The number of aromatic hydroxyl groups is 1. The van der Waals surface area contributed by atoms with E-state index >= 15 is 0 Å². The Balaban J connectivity index is 2.10. The van der Waals surface area contributed by atoms with Crippen LogP contribution in [0.4, 0.5) is 0 Å². The molecule has 3 heteroatoms. The molecule has 1 aromatic rings. The SMILES string of the molecule is CCCCCCC(C)(C)c1cc(O)cc(OC(C)(C)C2CC=C(CO)CC2)c1. The second kappa shape index (κ2) is 9.82. The second-order valence-electron chi connectivity index (χ2n) is 9.61. The molecule has 0 spiro atoms. The maximum absolute atomic E-state index is 10.3. The van der Waals surface area contributed by atoms with Crippen molar-refractivity contribution < 1.29 is 14.9 Å². The van der Waals surface area contributed by atoms with E-state index in [-0.39, 0.29) is 23.4 Å². The molecule has 3 nitrogen and oxygen atoms in total. The molecule has 0 saturated heterocycles. The van der Waals surface area contributed by atoms with Crippen molar-refractivity contribution >= 4 is 0 Å². The predicted molar refractivity (Wildman–Crippen MR) is 117 cm³/mol. The van der Waals surface area contributed by atoms with Gasteiger partial charge in [-0.1, -0.05) is 52.5 Å². The van der Waals surface area contributed by atoms with E-state index < -0.39 is 0 Å². The number of aliphatic hydroxyl groups excluding tert-OH is 1. The molecule has 0 saturated carbocycles.